The maximum atomic E-state index is 12.5. The van der Waals surface area contributed by atoms with Crippen molar-refractivity contribution in [3.63, 3.8) is 0 Å². The van der Waals surface area contributed by atoms with Crippen molar-refractivity contribution in [2.24, 2.45) is 0 Å². The van der Waals surface area contributed by atoms with Crippen molar-refractivity contribution >= 4 is 17.7 Å². The Morgan fingerprint density at radius 2 is 1.69 bits per heavy atom. The van der Waals surface area contributed by atoms with Gasteiger partial charge in [-0.3, -0.25) is 4.79 Å². The van der Waals surface area contributed by atoms with E-state index in [-0.39, 0.29) is 5.57 Å². The van der Waals surface area contributed by atoms with Gasteiger partial charge in [0.1, 0.15) is 24.0 Å². The highest BCUT2D eigenvalue weighted by molar-refractivity contribution is 6.09. The molecule has 0 radical (unpaired) electrons. The van der Waals surface area contributed by atoms with E-state index in [1.165, 1.54) is 11.6 Å². The van der Waals surface area contributed by atoms with Crippen molar-refractivity contribution in [1.82, 2.24) is 0 Å². The van der Waals surface area contributed by atoms with E-state index >= 15 is 0 Å². The van der Waals surface area contributed by atoms with Crippen molar-refractivity contribution in [1.29, 1.82) is 5.26 Å². The number of amides is 1. The number of methoxy groups -OCH3 is 2. The lowest BCUT2D eigenvalue weighted by atomic mass is 10.1. The fourth-order valence-electron chi connectivity index (χ4n) is 2.93. The van der Waals surface area contributed by atoms with Gasteiger partial charge in [0.25, 0.3) is 5.91 Å². The van der Waals surface area contributed by atoms with Gasteiger partial charge in [0.15, 0.2) is 11.5 Å². The predicted molar refractivity (Wildman–Crippen MR) is 124 cm³/mol. The first-order valence-electron chi connectivity index (χ1n) is 9.96. The normalized spacial score (nSPS) is 10.8. The molecular weight excluding hydrogens is 404 g/mol. The second-order valence-electron chi connectivity index (χ2n) is 7.04. The van der Waals surface area contributed by atoms with E-state index in [2.05, 4.69) is 5.32 Å². The van der Waals surface area contributed by atoms with E-state index in [0.717, 1.165) is 5.56 Å². The summed E-state index contributed by atoms with van der Waals surface area (Å²) in [6.07, 6.45) is 1.51. The fraction of sp³-hybridized carbons (Fsp3) is 0.154. The molecule has 0 bridgehead atoms. The zero-order valence-electron chi connectivity index (χ0n) is 18.2. The van der Waals surface area contributed by atoms with Gasteiger partial charge in [-0.1, -0.05) is 35.9 Å². The largest absolute Gasteiger partial charge is 0.497 e. The van der Waals surface area contributed by atoms with Crippen LogP contribution in [0.3, 0.4) is 0 Å². The van der Waals surface area contributed by atoms with Gasteiger partial charge in [0.05, 0.1) is 14.2 Å². The highest BCUT2D eigenvalue weighted by Gasteiger charge is 2.11. The maximum absolute atomic E-state index is 12.5. The molecule has 0 saturated carbocycles. The maximum Gasteiger partial charge on any atom is 0.266 e. The standard InChI is InChI=1S/C26H24N2O4/c1-18-4-6-19(7-5-18)17-32-24-13-8-20(15-25(24)31-3)14-21(16-27)26(29)28-22-9-11-23(30-2)12-10-22/h4-15H,17H2,1-3H3,(H,28,29). The lowest BCUT2D eigenvalue weighted by molar-refractivity contribution is -0.112. The van der Waals surface area contributed by atoms with Crippen LogP contribution in [-0.4, -0.2) is 20.1 Å². The Kier molecular flexibility index (Phi) is 7.50. The summed E-state index contributed by atoms with van der Waals surface area (Å²) in [6.45, 7) is 2.44. The molecular formula is C26H24N2O4. The molecule has 0 atom stereocenters. The van der Waals surface area contributed by atoms with E-state index in [9.17, 15) is 10.1 Å². The Balaban J connectivity index is 1.72. The SMILES string of the molecule is COc1ccc(NC(=O)C(C#N)=Cc2ccc(OCc3ccc(C)cc3)c(OC)c2)cc1. The summed E-state index contributed by atoms with van der Waals surface area (Å²) in [5.41, 5.74) is 3.41. The van der Waals surface area contributed by atoms with Crippen molar-refractivity contribution in [2.75, 3.05) is 19.5 Å². The van der Waals surface area contributed by atoms with E-state index in [1.807, 2.05) is 37.3 Å². The van der Waals surface area contributed by atoms with Gasteiger partial charge in [-0.25, -0.2) is 0 Å². The third-order valence-electron chi connectivity index (χ3n) is 4.73. The lowest BCUT2D eigenvalue weighted by Gasteiger charge is -2.12. The molecule has 3 rings (SSSR count). The van der Waals surface area contributed by atoms with Crippen LogP contribution >= 0.6 is 0 Å². The van der Waals surface area contributed by atoms with Gasteiger partial charge in [0.2, 0.25) is 0 Å². The summed E-state index contributed by atoms with van der Waals surface area (Å²) in [7, 11) is 3.11. The van der Waals surface area contributed by atoms with Crippen molar-refractivity contribution < 1.29 is 19.0 Å². The molecule has 3 aromatic carbocycles. The molecule has 6 heteroatoms. The van der Waals surface area contributed by atoms with Gasteiger partial charge < -0.3 is 19.5 Å². The molecule has 3 aromatic rings. The van der Waals surface area contributed by atoms with Gasteiger partial charge >= 0.3 is 0 Å². The second-order valence-corrected chi connectivity index (χ2v) is 7.04. The minimum atomic E-state index is -0.503. The van der Waals surface area contributed by atoms with Gasteiger partial charge in [-0.2, -0.15) is 5.26 Å². The topological polar surface area (TPSA) is 80.6 Å². The minimum absolute atomic E-state index is 0.0313. The number of carbonyl (C=O) groups is 1. The number of aryl methyl sites for hydroxylation is 1. The fourth-order valence-corrected chi connectivity index (χ4v) is 2.93. The molecule has 0 aliphatic rings. The quantitative estimate of drug-likeness (QED) is 0.397. The molecule has 6 nitrogen and oxygen atoms in total. The third-order valence-corrected chi connectivity index (χ3v) is 4.73. The van der Waals surface area contributed by atoms with Crippen LogP contribution in [0.4, 0.5) is 5.69 Å². The number of nitrogens with one attached hydrogen (secondary N) is 1. The number of hydrogen-bond acceptors (Lipinski definition) is 5. The van der Waals surface area contributed by atoms with Crippen LogP contribution in [0.2, 0.25) is 0 Å². The van der Waals surface area contributed by atoms with Crippen LogP contribution in [-0.2, 0) is 11.4 Å². The lowest BCUT2D eigenvalue weighted by Crippen LogP contribution is -2.13. The molecule has 0 aliphatic heterocycles. The van der Waals surface area contributed by atoms with E-state index in [0.29, 0.717) is 35.1 Å². The summed E-state index contributed by atoms with van der Waals surface area (Å²) >= 11 is 0. The smallest absolute Gasteiger partial charge is 0.266 e. The van der Waals surface area contributed by atoms with E-state index in [4.69, 9.17) is 14.2 Å². The molecule has 0 unspecified atom stereocenters. The summed E-state index contributed by atoms with van der Waals surface area (Å²) in [5, 5.41) is 12.2. The van der Waals surface area contributed by atoms with Gasteiger partial charge in [0, 0.05) is 5.69 Å². The molecule has 1 N–H and O–H groups in total. The van der Waals surface area contributed by atoms with Crippen molar-refractivity contribution in [3.8, 4) is 23.3 Å². The molecule has 0 saturated heterocycles. The first kappa shape index (κ1) is 22.4. The van der Waals surface area contributed by atoms with Crippen LogP contribution in [0.5, 0.6) is 17.2 Å². The zero-order valence-corrected chi connectivity index (χ0v) is 18.2. The van der Waals surface area contributed by atoms with Gasteiger partial charge in [-0.05, 0) is 60.5 Å². The number of ether oxygens (including phenoxy) is 3. The molecule has 32 heavy (non-hydrogen) atoms. The Morgan fingerprint density at radius 3 is 2.31 bits per heavy atom. The summed E-state index contributed by atoms with van der Waals surface area (Å²) in [6, 6.07) is 22.2. The van der Waals surface area contributed by atoms with Crippen LogP contribution in [0.15, 0.2) is 72.3 Å². The molecule has 0 heterocycles. The highest BCUT2D eigenvalue weighted by atomic mass is 16.5. The van der Waals surface area contributed by atoms with Crippen LogP contribution < -0.4 is 19.5 Å². The molecule has 0 spiro atoms. The summed E-state index contributed by atoms with van der Waals surface area (Å²) in [5.74, 6) is 1.26. The number of anilines is 1. The Bertz CT molecular complexity index is 1140. The van der Waals surface area contributed by atoms with Crippen LogP contribution in [0.1, 0.15) is 16.7 Å². The Labute approximate surface area is 187 Å². The molecule has 1 amide bonds. The Morgan fingerprint density at radius 1 is 0.969 bits per heavy atom. The number of nitriles is 1. The molecule has 0 aliphatic carbocycles. The average Bonchev–Trinajstić information content (AvgIpc) is 2.82. The number of hydrogen-bond donors (Lipinski definition) is 1. The second kappa shape index (κ2) is 10.7. The van der Waals surface area contributed by atoms with Crippen molar-refractivity contribution in [2.45, 2.75) is 13.5 Å². The average molecular weight is 428 g/mol. The highest BCUT2D eigenvalue weighted by Crippen LogP contribution is 2.30. The first-order chi connectivity index (χ1) is 15.5. The van der Waals surface area contributed by atoms with Crippen molar-refractivity contribution in [3.05, 3.63) is 89.0 Å². The monoisotopic (exact) mass is 428 g/mol. The molecule has 0 fully saturated rings. The summed E-state index contributed by atoms with van der Waals surface area (Å²) < 4.78 is 16.4. The number of benzene rings is 3. The first-order valence-corrected chi connectivity index (χ1v) is 9.96. The minimum Gasteiger partial charge on any atom is -0.497 e. The van der Waals surface area contributed by atoms with E-state index < -0.39 is 5.91 Å². The summed E-state index contributed by atoms with van der Waals surface area (Å²) in [4.78, 5) is 12.5. The number of nitrogens with zero attached hydrogens (tertiary/aromatic N) is 1. The van der Waals surface area contributed by atoms with Crippen LogP contribution in [0.25, 0.3) is 6.08 Å². The Hall–Kier alpha value is -4.24. The van der Waals surface area contributed by atoms with Gasteiger partial charge in [-0.15, -0.1) is 0 Å². The third kappa shape index (κ3) is 5.89. The molecule has 162 valence electrons. The predicted octanol–water partition coefficient (Wildman–Crippen LogP) is 5.14. The number of carbonyl (C=O) groups excluding carboxylic acids is 1. The molecule has 0 aromatic heterocycles. The zero-order chi connectivity index (χ0) is 22.9. The van der Waals surface area contributed by atoms with E-state index in [1.54, 1.807) is 56.7 Å². The number of rotatable bonds is 8. The van der Waals surface area contributed by atoms with Crippen LogP contribution in [0, 0.1) is 18.3 Å².